The van der Waals surface area contributed by atoms with Gasteiger partial charge >= 0.3 is 0 Å². The smallest absolute Gasteiger partial charge is 0.157 e. The van der Waals surface area contributed by atoms with Crippen LogP contribution in [0.4, 0.5) is 0 Å². The van der Waals surface area contributed by atoms with Gasteiger partial charge in [0.15, 0.2) is 5.17 Å². The normalized spacial score (nSPS) is 24.6. The number of thioether (sulfide) groups is 2. The van der Waals surface area contributed by atoms with E-state index >= 15 is 0 Å². The lowest BCUT2D eigenvalue weighted by molar-refractivity contribution is 0.452. The maximum Gasteiger partial charge on any atom is 0.157 e. The molecule has 0 radical (unpaired) electrons. The fourth-order valence-corrected chi connectivity index (χ4v) is 4.37. The number of hydrogen-bond acceptors (Lipinski definition) is 3. The van der Waals surface area contributed by atoms with E-state index in [4.69, 9.17) is 4.99 Å². The van der Waals surface area contributed by atoms with Gasteiger partial charge in [-0.15, -0.1) is 0 Å². The van der Waals surface area contributed by atoms with Crippen molar-refractivity contribution in [3.63, 3.8) is 0 Å². The highest BCUT2D eigenvalue weighted by atomic mass is 32.2. The number of rotatable bonds is 6. The van der Waals surface area contributed by atoms with Crippen LogP contribution in [0.5, 0.6) is 0 Å². The third-order valence-electron chi connectivity index (χ3n) is 3.68. The summed E-state index contributed by atoms with van der Waals surface area (Å²) in [4.78, 5) is 4.70. The van der Waals surface area contributed by atoms with Crippen LogP contribution >= 0.6 is 23.5 Å². The van der Waals surface area contributed by atoms with Gasteiger partial charge in [0.05, 0.1) is 0 Å². The molecule has 1 N–H and O–H groups in total. The van der Waals surface area contributed by atoms with E-state index in [2.05, 4.69) is 11.6 Å². The van der Waals surface area contributed by atoms with Crippen molar-refractivity contribution in [2.45, 2.75) is 50.5 Å². The number of nitrogens with one attached hydrogen (secondary N) is 1. The van der Waals surface area contributed by atoms with Gasteiger partial charge in [-0.25, -0.2) is 0 Å². The highest BCUT2D eigenvalue weighted by molar-refractivity contribution is 8.14. The first-order valence-corrected chi connectivity index (χ1v) is 9.17. The Morgan fingerprint density at radius 2 is 2.12 bits per heavy atom. The summed E-state index contributed by atoms with van der Waals surface area (Å²) in [7, 11) is 0. The van der Waals surface area contributed by atoms with Crippen LogP contribution in [-0.2, 0) is 0 Å². The lowest BCUT2D eigenvalue weighted by atomic mass is 10.0. The molecule has 1 saturated heterocycles. The quantitative estimate of drug-likeness (QED) is 0.749. The molecule has 17 heavy (non-hydrogen) atoms. The molecule has 98 valence electrons. The van der Waals surface area contributed by atoms with Crippen LogP contribution in [-0.4, -0.2) is 35.0 Å². The molecule has 0 aromatic rings. The van der Waals surface area contributed by atoms with Gasteiger partial charge in [0.1, 0.15) is 0 Å². The lowest BCUT2D eigenvalue weighted by Gasteiger charge is -2.21. The third-order valence-corrected chi connectivity index (χ3v) is 5.58. The molecular weight excluding hydrogens is 248 g/mol. The van der Waals surface area contributed by atoms with Crippen molar-refractivity contribution in [1.82, 2.24) is 5.32 Å². The topological polar surface area (TPSA) is 24.4 Å². The van der Waals surface area contributed by atoms with Gasteiger partial charge < -0.3 is 5.32 Å². The van der Waals surface area contributed by atoms with Crippen LogP contribution in [0, 0.1) is 0 Å². The molecule has 0 unspecified atom stereocenters. The molecule has 1 aliphatic heterocycles. The molecule has 0 atom stereocenters. The van der Waals surface area contributed by atoms with Gasteiger partial charge in [0.2, 0.25) is 0 Å². The molecule has 1 spiro atoms. The number of nitrogens with zero attached hydrogens (tertiary/aromatic N) is 1. The van der Waals surface area contributed by atoms with Gasteiger partial charge in [0.25, 0.3) is 0 Å². The largest absolute Gasteiger partial charge is 0.359 e. The van der Waals surface area contributed by atoms with Crippen molar-refractivity contribution in [1.29, 1.82) is 0 Å². The summed E-state index contributed by atoms with van der Waals surface area (Å²) >= 11 is 3.89. The van der Waals surface area contributed by atoms with Gasteiger partial charge in [-0.3, -0.25) is 4.99 Å². The molecule has 2 aliphatic rings. The van der Waals surface area contributed by atoms with Crippen LogP contribution in [0.15, 0.2) is 4.99 Å². The van der Waals surface area contributed by atoms with Crippen LogP contribution in [0.25, 0.3) is 0 Å². The highest BCUT2D eigenvalue weighted by Gasteiger charge is 2.39. The molecule has 0 amide bonds. The Labute approximate surface area is 114 Å². The van der Waals surface area contributed by atoms with Crippen molar-refractivity contribution in [2.75, 3.05) is 24.3 Å². The molecule has 2 nitrogen and oxygen atoms in total. The Kier molecular flexibility index (Phi) is 5.54. The predicted molar refractivity (Wildman–Crippen MR) is 81.3 cm³/mol. The predicted octanol–water partition coefficient (Wildman–Crippen LogP) is 3.52. The average Bonchev–Trinajstić information content (AvgIpc) is 2.95. The number of amidine groups is 1. The van der Waals surface area contributed by atoms with Crippen LogP contribution < -0.4 is 5.32 Å². The fraction of sp³-hybridized carbons (Fsp3) is 0.923. The molecule has 1 aliphatic carbocycles. The first-order chi connectivity index (χ1) is 8.35. The van der Waals surface area contributed by atoms with E-state index in [0.29, 0.717) is 5.54 Å². The monoisotopic (exact) mass is 272 g/mol. The Bertz CT molecular complexity index is 260. The zero-order valence-electron chi connectivity index (χ0n) is 10.8. The summed E-state index contributed by atoms with van der Waals surface area (Å²) in [5.41, 5.74) is 0.433. The number of hydrogen-bond donors (Lipinski definition) is 1. The van der Waals surface area contributed by atoms with Gasteiger partial charge in [-0.1, -0.05) is 31.0 Å². The zero-order chi connectivity index (χ0) is 12.0. The molecule has 0 aromatic heterocycles. The van der Waals surface area contributed by atoms with Crippen LogP contribution in [0.3, 0.4) is 0 Å². The standard InChI is InChI=1S/C13H24N2S2/c1-16-10-6-2-5-9-14-12-15-13(11-17-12)7-3-4-8-13/h2-11H2,1H3,(H,14,15). The van der Waals surface area contributed by atoms with Gasteiger partial charge in [-0.05, 0) is 37.7 Å². The molecule has 0 aromatic carbocycles. The second-order valence-electron chi connectivity index (χ2n) is 5.14. The van der Waals surface area contributed by atoms with Crippen molar-refractivity contribution in [2.24, 2.45) is 4.99 Å². The first-order valence-electron chi connectivity index (χ1n) is 6.79. The van der Waals surface area contributed by atoms with E-state index in [9.17, 15) is 0 Å². The second-order valence-corrected chi connectivity index (χ2v) is 7.09. The molecular formula is C13H24N2S2. The fourth-order valence-electron chi connectivity index (χ4n) is 2.63. The Morgan fingerprint density at radius 3 is 2.88 bits per heavy atom. The van der Waals surface area contributed by atoms with E-state index < -0.39 is 0 Å². The summed E-state index contributed by atoms with van der Waals surface area (Å²) in [6.45, 7) is 1.01. The minimum absolute atomic E-state index is 0.433. The molecule has 0 bridgehead atoms. The van der Waals surface area contributed by atoms with E-state index in [-0.39, 0.29) is 0 Å². The zero-order valence-corrected chi connectivity index (χ0v) is 12.5. The highest BCUT2D eigenvalue weighted by Crippen LogP contribution is 2.37. The Morgan fingerprint density at radius 1 is 1.29 bits per heavy atom. The first kappa shape index (κ1) is 13.6. The maximum absolute atomic E-state index is 4.70. The molecule has 4 heteroatoms. The third kappa shape index (κ3) is 4.09. The van der Waals surface area contributed by atoms with E-state index in [0.717, 1.165) is 6.54 Å². The van der Waals surface area contributed by atoms with Crippen LogP contribution in [0.2, 0.25) is 0 Å². The molecule has 2 rings (SSSR count). The summed E-state index contributed by atoms with van der Waals surface area (Å²) in [5.74, 6) is 2.55. The summed E-state index contributed by atoms with van der Waals surface area (Å²) in [6, 6.07) is 0. The Hall–Kier alpha value is 0.170. The van der Waals surface area contributed by atoms with Crippen molar-refractivity contribution < 1.29 is 0 Å². The van der Waals surface area contributed by atoms with Gasteiger partial charge in [0, 0.05) is 17.8 Å². The summed E-state index contributed by atoms with van der Waals surface area (Å²) < 4.78 is 0. The number of aliphatic imine (C=N–C) groups is 1. The van der Waals surface area contributed by atoms with Crippen molar-refractivity contribution >= 4 is 28.7 Å². The molecule has 1 saturated carbocycles. The molecule has 2 fully saturated rings. The average molecular weight is 272 g/mol. The summed E-state index contributed by atoms with van der Waals surface area (Å²) in [6.07, 6.45) is 11.6. The number of unbranched alkanes of at least 4 members (excludes halogenated alkanes) is 2. The Balaban J connectivity index is 1.62. The lowest BCUT2D eigenvalue weighted by Crippen LogP contribution is -2.40. The van der Waals surface area contributed by atoms with E-state index in [1.54, 1.807) is 0 Å². The molecule has 1 heterocycles. The second kappa shape index (κ2) is 6.93. The minimum atomic E-state index is 0.433. The van der Waals surface area contributed by atoms with Crippen LogP contribution in [0.1, 0.15) is 44.9 Å². The van der Waals surface area contributed by atoms with Crippen molar-refractivity contribution in [3.05, 3.63) is 0 Å². The maximum atomic E-state index is 4.70. The van der Waals surface area contributed by atoms with Crippen molar-refractivity contribution in [3.8, 4) is 0 Å². The summed E-state index contributed by atoms with van der Waals surface area (Å²) in [5, 5.41) is 4.90. The van der Waals surface area contributed by atoms with E-state index in [1.807, 2.05) is 23.5 Å². The SMILES string of the molecule is CSCCCCCN=C1NC2(CCCC2)CS1. The van der Waals surface area contributed by atoms with Gasteiger partial charge in [-0.2, -0.15) is 11.8 Å². The minimum Gasteiger partial charge on any atom is -0.359 e. The van der Waals surface area contributed by atoms with E-state index in [1.165, 1.54) is 61.6 Å².